The van der Waals surface area contributed by atoms with E-state index in [2.05, 4.69) is 10.3 Å². The second-order valence-electron chi connectivity index (χ2n) is 4.39. The maximum Gasteiger partial charge on any atom is 0.227 e. The molecule has 3 N–H and O–H groups in total. The van der Waals surface area contributed by atoms with Crippen LogP contribution in [0.25, 0.3) is 0 Å². The van der Waals surface area contributed by atoms with Gasteiger partial charge in [-0.15, -0.1) is 0 Å². The van der Waals surface area contributed by atoms with Gasteiger partial charge in [0.2, 0.25) is 5.91 Å². The number of rotatable bonds is 7. The molecule has 1 aromatic heterocycles. The molecule has 0 unspecified atom stereocenters. The Morgan fingerprint density at radius 3 is 2.68 bits per heavy atom. The molecule has 0 bridgehead atoms. The smallest absolute Gasteiger partial charge is 0.227 e. The van der Waals surface area contributed by atoms with Crippen LogP contribution in [0.1, 0.15) is 12.5 Å². The highest BCUT2D eigenvalue weighted by molar-refractivity contribution is 5.85. The van der Waals surface area contributed by atoms with Crippen LogP contribution in [0, 0.1) is 0 Å². The van der Waals surface area contributed by atoms with Crippen LogP contribution in [-0.4, -0.2) is 48.3 Å². The van der Waals surface area contributed by atoms with Gasteiger partial charge in [-0.2, -0.15) is 0 Å². The zero-order valence-corrected chi connectivity index (χ0v) is 11.3. The van der Waals surface area contributed by atoms with Crippen molar-refractivity contribution in [1.29, 1.82) is 0 Å². The second-order valence-corrected chi connectivity index (χ2v) is 4.39. The number of carbonyl (C=O) groups is 2. The Bertz CT molecular complexity index is 431. The minimum Gasteiger partial charge on any atom is -0.384 e. The van der Waals surface area contributed by atoms with Gasteiger partial charge in [-0.25, -0.2) is 4.98 Å². The van der Waals surface area contributed by atoms with Crippen LogP contribution in [0.3, 0.4) is 0 Å². The van der Waals surface area contributed by atoms with Gasteiger partial charge in [0.05, 0.1) is 13.0 Å². The van der Waals surface area contributed by atoms with E-state index < -0.39 is 0 Å². The number of carbonyl (C=O) groups excluding carboxylic acids is 2. The maximum absolute atomic E-state index is 12.1. The zero-order valence-electron chi connectivity index (χ0n) is 11.3. The number of anilines is 1. The summed E-state index contributed by atoms with van der Waals surface area (Å²) in [7, 11) is 1.81. The van der Waals surface area contributed by atoms with E-state index in [1.165, 1.54) is 6.92 Å². The molecule has 1 amide bonds. The number of nitrogens with one attached hydrogen (secondary N) is 1. The average Bonchev–Trinajstić information content (AvgIpc) is 2.36. The molecule has 0 saturated carbocycles. The summed E-state index contributed by atoms with van der Waals surface area (Å²) < 4.78 is 0. The van der Waals surface area contributed by atoms with Crippen molar-refractivity contribution in [3.63, 3.8) is 0 Å². The summed E-state index contributed by atoms with van der Waals surface area (Å²) in [6.07, 6.45) is 1.81. The Labute approximate surface area is 113 Å². The molecule has 0 radical (unpaired) electrons. The van der Waals surface area contributed by atoms with E-state index in [9.17, 15) is 9.59 Å². The minimum absolute atomic E-state index is 0.0279. The molecule has 0 spiro atoms. The highest BCUT2D eigenvalue weighted by Crippen LogP contribution is 2.04. The molecule has 0 aromatic carbocycles. The van der Waals surface area contributed by atoms with E-state index in [1.54, 1.807) is 30.3 Å². The SMILES string of the molecule is CNCCN(CC(C)=O)C(=O)Cc1ccc(N)nc1. The Kier molecular flexibility index (Phi) is 5.95. The van der Waals surface area contributed by atoms with E-state index in [0.717, 1.165) is 5.56 Å². The highest BCUT2D eigenvalue weighted by atomic mass is 16.2. The van der Waals surface area contributed by atoms with E-state index in [-0.39, 0.29) is 24.7 Å². The summed E-state index contributed by atoms with van der Waals surface area (Å²) in [5, 5.41) is 2.96. The van der Waals surface area contributed by atoms with Crippen molar-refractivity contribution in [3.8, 4) is 0 Å². The number of ketones is 1. The number of nitrogens with zero attached hydrogens (tertiary/aromatic N) is 2. The van der Waals surface area contributed by atoms with E-state index >= 15 is 0 Å². The lowest BCUT2D eigenvalue weighted by Crippen LogP contribution is -2.40. The number of likely N-dealkylation sites (N-methyl/N-ethyl adjacent to an activating group) is 1. The third-order valence-corrected chi connectivity index (χ3v) is 2.60. The standard InChI is InChI=1S/C13H20N4O2/c1-10(18)9-17(6-5-15-2)13(19)7-11-3-4-12(14)16-8-11/h3-4,8,15H,5-7,9H2,1-2H3,(H2,14,16). The molecule has 6 nitrogen and oxygen atoms in total. The molecule has 1 heterocycles. The number of amides is 1. The summed E-state index contributed by atoms with van der Waals surface area (Å²) in [5.74, 6) is 0.309. The number of hydrogen-bond acceptors (Lipinski definition) is 5. The fraction of sp³-hybridized carbons (Fsp3) is 0.462. The third-order valence-electron chi connectivity index (χ3n) is 2.60. The van der Waals surface area contributed by atoms with Crippen LogP contribution < -0.4 is 11.1 Å². The van der Waals surface area contributed by atoms with E-state index in [4.69, 9.17) is 5.73 Å². The number of pyridine rings is 1. The lowest BCUT2D eigenvalue weighted by atomic mass is 10.2. The van der Waals surface area contributed by atoms with Crippen molar-refractivity contribution < 1.29 is 9.59 Å². The first-order valence-electron chi connectivity index (χ1n) is 6.15. The van der Waals surface area contributed by atoms with Gasteiger partial charge >= 0.3 is 0 Å². The monoisotopic (exact) mass is 264 g/mol. The Balaban J connectivity index is 2.64. The van der Waals surface area contributed by atoms with Crippen molar-refractivity contribution >= 4 is 17.5 Å². The Morgan fingerprint density at radius 1 is 1.42 bits per heavy atom. The van der Waals surface area contributed by atoms with E-state index in [0.29, 0.717) is 18.9 Å². The predicted molar refractivity (Wildman–Crippen MR) is 73.5 cm³/mol. The molecule has 1 aromatic rings. The number of aromatic nitrogens is 1. The van der Waals surface area contributed by atoms with Gasteiger partial charge in [0.1, 0.15) is 11.6 Å². The Hall–Kier alpha value is -1.95. The molecule has 104 valence electrons. The first kappa shape index (κ1) is 15.1. The van der Waals surface area contributed by atoms with Crippen molar-refractivity contribution in [1.82, 2.24) is 15.2 Å². The van der Waals surface area contributed by atoms with Crippen molar-refractivity contribution in [2.45, 2.75) is 13.3 Å². The second kappa shape index (κ2) is 7.48. The van der Waals surface area contributed by atoms with Crippen molar-refractivity contribution in [2.24, 2.45) is 0 Å². The summed E-state index contributed by atoms with van der Waals surface area (Å²) in [6.45, 7) is 2.78. The first-order valence-corrected chi connectivity index (χ1v) is 6.15. The average molecular weight is 264 g/mol. The fourth-order valence-corrected chi connectivity index (χ4v) is 1.63. The van der Waals surface area contributed by atoms with Gasteiger partial charge in [0.15, 0.2) is 0 Å². The molecule has 0 aliphatic rings. The molecule has 0 aliphatic carbocycles. The molecule has 1 rings (SSSR count). The zero-order chi connectivity index (χ0) is 14.3. The van der Waals surface area contributed by atoms with Gasteiger partial charge in [-0.05, 0) is 25.6 Å². The summed E-state index contributed by atoms with van der Waals surface area (Å²) >= 11 is 0. The fourth-order valence-electron chi connectivity index (χ4n) is 1.63. The quantitative estimate of drug-likeness (QED) is 0.714. The van der Waals surface area contributed by atoms with Crippen LogP contribution in [-0.2, 0) is 16.0 Å². The molecule has 19 heavy (non-hydrogen) atoms. The lowest BCUT2D eigenvalue weighted by molar-refractivity contribution is -0.134. The number of hydrogen-bond donors (Lipinski definition) is 2. The van der Waals surface area contributed by atoms with Crippen molar-refractivity contribution in [2.75, 3.05) is 32.4 Å². The molecule has 0 saturated heterocycles. The largest absolute Gasteiger partial charge is 0.384 e. The van der Waals surface area contributed by atoms with Gasteiger partial charge < -0.3 is 16.0 Å². The Morgan fingerprint density at radius 2 is 2.16 bits per heavy atom. The lowest BCUT2D eigenvalue weighted by Gasteiger charge is -2.21. The molecule has 0 aliphatic heterocycles. The predicted octanol–water partition coefficient (Wildman–Crippen LogP) is -0.157. The maximum atomic E-state index is 12.1. The van der Waals surface area contributed by atoms with Crippen LogP contribution in [0.15, 0.2) is 18.3 Å². The molecular weight excluding hydrogens is 244 g/mol. The topological polar surface area (TPSA) is 88.3 Å². The molecule has 0 fully saturated rings. The first-order chi connectivity index (χ1) is 9.02. The van der Waals surface area contributed by atoms with Crippen LogP contribution in [0.4, 0.5) is 5.82 Å². The van der Waals surface area contributed by atoms with E-state index in [1.807, 2.05) is 0 Å². The number of nitrogens with two attached hydrogens (primary N) is 1. The summed E-state index contributed by atoms with van der Waals surface area (Å²) in [6, 6.07) is 3.43. The minimum atomic E-state index is -0.0861. The van der Waals surface area contributed by atoms with Gasteiger partial charge in [0.25, 0.3) is 0 Å². The van der Waals surface area contributed by atoms with Crippen LogP contribution in [0.2, 0.25) is 0 Å². The van der Waals surface area contributed by atoms with Gasteiger partial charge in [0, 0.05) is 19.3 Å². The molecular formula is C13H20N4O2. The number of nitrogen functional groups attached to an aromatic ring is 1. The van der Waals surface area contributed by atoms with Gasteiger partial charge in [-0.1, -0.05) is 6.07 Å². The molecule has 0 atom stereocenters. The van der Waals surface area contributed by atoms with Crippen molar-refractivity contribution in [3.05, 3.63) is 23.9 Å². The highest BCUT2D eigenvalue weighted by Gasteiger charge is 2.15. The third kappa shape index (κ3) is 5.48. The van der Waals surface area contributed by atoms with Crippen LogP contribution in [0.5, 0.6) is 0 Å². The normalized spacial score (nSPS) is 10.2. The summed E-state index contributed by atoms with van der Waals surface area (Å²) in [4.78, 5) is 28.8. The molecule has 6 heteroatoms. The number of Topliss-reactive ketones (excluding diaryl/α,β-unsaturated/α-hetero) is 1. The summed E-state index contributed by atoms with van der Waals surface area (Å²) in [5.41, 5.74) is 6.28. The van der Waals surface area contributed by atoms with Crippen LogP contribution >= 0.6 is 0 Å². The van der Waals surface area contributed by atoms with Gasteiger partial charge in [-0.3, -0.25) is 9.59 Å².